The fourth-order valence-corrected chi connectivity index (χ4v) is 9.51. The zero-order chi connectivity index (χ0) is 12.5. The molecule has 1 nitrogen and oxygen atoms in total. The Hall–Kier alpha value is -0.0831. The van der Waals surface area contributed by atoms with Gasteiger partial charge in [-0.15, -0.1) is 0 Å². The summed E-state index contributed by atoms with van der Waals surface area (Å²) in [6.45, 7) is 8.04. The molecule has 0 spiro atoms. The molecule has 2 heteroatoms. The minimum atomic E-state index is -1.44. The van der Waals surface area contributed by atoms with Crippen molar-refractivity contribution in [3.63, 3.8) is 0 Å². The lowest BCUT2D eigenvalue weighted by Gasteiger charge is -2.42. The van der Waals surface area contributed by atoms with Gasteiger partial charge in [0, 0.05) is 6.61 Å². The Morgan fingerprint density at radius 1 is 1.06 bits per heavy atom. The summed E-state index contributed by atoms with van der Waals surface area (Å²) in [4.78, 5) is 0. The van der Waals surface area contributed by atoms with E-state index in [0.717, 1.165) is 47.7 Å². The lowest BCUT2D eigenvalue weighted by molar-refractivity contribution is 0.189. The van der Waals surface area contributed by atoms with Gasteiger partial charge >= 0.3 is 0 Å². The molecule has 4 aliphatic rings. The smallest absolute Gasteiger partial charge is 0.190 e. The van der Waals surface area contributed by atoms with E-state index < -0.39 is 8.32 Å². The molecule has 0 aromatic carbocycles. The van der Waals surface area contributed by atoms with Crippen LogP contribution in [0, 0.1) is 35.5 Å². The van der Waals surface area contributed by atoms with Gasteiger partial charge in [-0.25, -0.2) is 0 Å². The van der Waals surface area contributed by atoms with Crippen LogP contribution >= 0.6 is 0 Å². The normalized spacial score (nSPS) is 52.3. The molecule has 0 aromatic rings. The molecule has 4 aliphatic carbocycles. The Balaban J connectivity index is 1.60. The van der Waals surface area contributed by atoms with E-state index in [1.165, 1.54) is 19.3 Å². The van der Waals surface area contributed by atoms with Crippen LogP contribution in [0.3, 0.4) is 0 Å². The van der Waals surface area contributed by atoms with Crippen LogP contribution in [-0.2, 0) is 4.43 Å². The van der Waals surface area contributed by atoms with Crippen LogP contribution in [0.15, 0.2) is 12.2 Å². The van der Waals surface area contributed by atoms with E-state index in [1.54, 1.807) is 0 Å². The summed E-state index contributed by atoms with van der Waals surface area (Å²) in [6, 6.07) is 0. The number of hydrogen-bond acceptors (Lipinski definition) is 1. The van der Waals surface area contributed by atoms with Crippen molar-refractivity contribution in [2.45, 2.75) is 44.8 Å². The van der Waals surface area contributed by atoms with Gasteiger partial charge in [0.05, 0.1) is 0 Å². The van der Waals surface area contributed by atoms with Gasteiger partial charge in [0.25, 0.3) is 0 Å². The maximum atomic E-state index is 6.22. The summed E-state index contributed by atoms with van der Waals surface area (Å²) >= 11 is 0. The molecule has 0 radical (unpaired) electrons. The highest BCUT2D eigenvalue weighted by Crippen LogP contribution is 2.69. The molecule has 18 heavy (non-hydrogen) atoms. The summed E-state index contributed by atoms with van der Waals surface area (Å²) in [5.74, 6) is 6.12. The SMILES string of the molecule is CCO[Si](C)(C)C1CC2CC1C1C3C=CC(C3)C21. The Labute approximate surface area is 112 Å². The first-order chi connectivity index (χ1) is 8.62. The summed E-state index contributed by atoms with van der Waals surface area (Å²) in [5, 5.41) is 0. The summed E-state index contributed by atoms with van der Waals surface area (Å²) in [7, 11) is -1.44. The molecule has 0 amide bonds. The standard InChI is InChI=1S/C16H26OSi/c1-4-17-18(2,3)14-9-12-8-13(14)16-11-6-5-10(7-11)15(12)16/h5-6,10-16H,4,7-9H2,1-3H3. The first-order valence-corrected chi connectivity index (χ1v) is 10.9. The van der Waals surface area contributed by atoms with Gasteiger partial charge in [-0.3, -0.25) is 0 Å². The predicted molar refractivity (Wildman–Crippen MR) is 76.8 cm³/mol. The van der Waals surface area contributed by atoms with Crippen LogP contribution in [0.1, 0.15) is 26.2 Å². The third-order valence-electron chi connectivity index (χ3n) is 6.68. The quantitative estimate of drug-likeness (QED) is 0.423. The van der Waals surface area contributed by atoms with Gasteiger partial charge in [-0.2, -0.15) is 0 Å². The van der Waals surface area contributed by atoms with E-state index >= 15 is 0 Å². The lowest BCUT2D eigenvalue weighted by atomic mass is 9.73. The first kappa shape index (κ1) is 11.7. The molecule has 3 fully saturated rings. The molecule has 7 atom stereocenters. The topological polar surface area (TPSA) is 9.23 Å². The predicted octanol–water partition coefficient (Wildman–Crippen LogP) is 4.08. The Morgan fingerprint density at radius 2 is 1.78 bits per heavy atom. The van der Waals surface area contributed by atoms with E-state index in [9.17, 15) is 0 Å². The van der Waals surface area contributed by atoms with Gasteiger partial charge < -0.3 is 4.43 Å². The van der Waals surface area contributed by atoms with Crippen molar-refractivity contribution in [2.24, 2.45) is 35.5 Å². The number of hydrogen-bond donors (Lipinski definition) is 0. The number of allylic oxidation sites excluding steroid dienone is 2. The molecule has 100 valence electrons. The zero-order valence-electron chi connectivity index (χ0n) is 11.9. The average molecular weight is 262 g/mol. The van der Waals surface area contributed by atoms with Crippen LogP contribution < -0.4 is 0 Å². The van der Waals surface area contributed by atoms with Gasteiger partial charge in [0.1, 0.15) is 0 Å². The molecule has 0 N–H and O–H groups in total. The maximum Gasteiger partial charge on any atom is 0.190 e. The van der Waals surface area contributed by atoms with Crippen LogP contribution in [0.5, 0.6) is 0 Å². The van der Waals surface area contributed by atoms with Crippen molar-refractivity contribution < 1.29 is 4.43 Å². The van der Waals surface area contributed by atoms with Gasteiger partial charge in [-0.05, 0) is 80.3 Å². The molecular formula is C16H26OSi. The fraction of sp³-hybridized carbons (Fsp3) is 0.875. The molecule has 4 rings (SSSR count). The molecular weight excluding hydrogens is 236 g/mol. The van der Waals surface area contributed by atoms with Crippen LogP contribution in [0.25, 0.3) is 0 Å². The molecule has 0 saturated heterocycles. The molecule has 0 heterocycles. The average Bonchev–Trinajstić information content (AvgIpc) is 3.07. The van der Waals surface area contributed by atoms with Gasteiger partial charge in [-0.1, -0.05) is 12.2 Å². The van der Waals surface area contributed by atoms with E-state index in [0.29, 0.717) is 0 Å². The highest BCUT2D eigenvalue weighted by atomic mass is 28.4. The Bertz CT molecular complexity index is 389. The number of fused-ring (bicyclic) bond motifs is 9. The zero-order valence-corrected chi connectivity index (χ0v) is 12.9. The van der Waals surface area contributed by atoms with Crippen molar-refractivity contribution in [3.8, 4) is 0 Å². The third kappa shape index (κ3) is 1.37. The molecule has 4 bridgehead atoms. The minimum absolute atomic E-state index is 0.924. The van der Waals surface area contributed by atoms with Crippen molar-refractivity contribution in [2.75, 3.05) is 6.61 Å². The third-order valence-corrected chi connectivity index (χ3v) is 10.2. The summed E-state index contributed by atoms with van der Waals surface area (Å²) in [5.41, 5.74) is 0.955. The highest BCUT2D eigenvalue weighted by molar-refractivity contribution is 6.72. The second kappa shape index (κ2) is 3.73. The summed E-state index contributed by atoms with van der Waals surface area (Å²) in [6.07, 6.45) is 9.64. The monoisotopic (exact) mass is 262 g/mol. The van der Waals surface area contributed by atoms with E-state index in [1.807, 2.05) is 0 Å². The summed E-state index contributed by atoms with van der Waals surface area (Å²) < 4.78 is 6.22. The maximum absolute atomic E-state index is 6.22. The molecule has 3 saturated carbocycles. The van der Waals surface area contributed by atoms with Crippen LogP contribution in [-0.4, -0.2) is 14.9 Å². The second-order valence-electron chi connectivity index (χ2n) is 7.64. The fourth-order valence-electron chi connectivity index (χ4n) is 6.29. The number of rotatable bonds is 3. The van der Waals surface area contributed by atoms with E-state index in [4.69, 9.17) is 4.43 Å². The lowest BCUT2D eigenvalue weighted by Crippen LogP contribution is -2.43. The van der Waals surface area contributed by atoms with Crippen molar-refractivity contribution in [1.82, 2.24) is 0 Å². The molecule has 0 aliphatic heterocycles. The minimum Gasteiger partial charge on any atom is -0.417 e. The largest absolute Gasteiger partial charge is 0.417 e. The van der Waals surface area contributed by atoms with Crippen LogP contribution in [0.4, 0.5) is 0 Å². The van der Waals surface area contributed by atoms with Crippen molar-refractivity contribution in [3.05, 3.63) is 12.2 Å². The molecule has 0 aromatic heterocycles. The highest BCUT2D eigenvalue weighted by Gasteiger charge is 2.63. The van der Waals surface area contributed by atoms with Gasteiger partial charge in [0.2, 0.25) is 0 Å². The first-order valence-electron chi connectivity index (χ1n) is 7.94. The van der Waals surface area contributed by atoms with Gasteiger partial charge in [0.15, 0.2) is 8.32 Å². The second-order valence-corrected chi connectivity index (χ2v) is 11.9. The van der Waals surface area contributed by atoms with Crippen molar-refractivity contribution in [1.29, 1.82) is 0 Å². The Kier molecular flexibility index (Phi) is 2.43. The van der Waals surface area contributed by atoms with E-state index in [2.05, 4.69) is 32.2 Å². The molecule has 7 unspecified atom stereocenters. The van der Waals surface area contributed by atoms with Crippen LogP contribution in [0.2, 0.25) is 18.6 Å². The van der Waals surface area contributed by atoms with Crippen molar-refractivity contribution >= 4 is 8.32 Å². The van der Waals surface area contributed by atoms with E-state index in [-0.39, 0.29) is 0 Å². The Morgan fingerprint density at radius 3 is 2.50 bits per heavy atom.